The average Bonchev–Trinajstić information content (AvgIpc) is 2.98. The highest BCUT2D eigenvalue weighted by atomic mass is 16.1. The van der Waals surface area contributed by atoms with Gasteiger partial charge < -0.3 is 15.5 Å². The predicted molar refractivity (Wildman–Crippen MR) is 71.4 cm³/mol. The van der Waals surface area contributed by atoms with Crippen molar-refractivity contribution in [2.45, 2.75) is 50.6 Å². The molecule has 3 aliphatic heterocycles. The van der Waals surface area contributed by atoms with Crippen molar-refractivity contribution >= 4 is 5.91 Å². The first-order valence-corrected chi connectivity index (χ1v) is 7.55. The van der Waals surface area contributed by atoms with Crippen molar-refractivity contribution in [3.05, 3.63) is 0 Å². The highest BCUT2D eigenvalue weighted by Crippen LogP contribution is 2.27. The SMILES string of the molecule is O=C(CC1CCNC1)NC1CCN2CCCC2C1. The van der Waals surface area contributed by atoms with Crippen LogP contribution in [0.4, 0.5) is 0 Å². The van der Waals surface area contributed by atoms with Crippen LogP contribution in [-0.4, -0.2) is 49.1 Å². The molecular weight excluding hydrogens is 226 g/mol. The molecule has 3 fully saturated rings. The number of hydrogen-bond donors (Lipinski definition) is 2. The minimum atomic E-state index is 0.278. The van der Waals surface area contributed by atoms with Gasteiger partial charge in [0.05, 0.1) is 0 Å². The molecule has 3 heterocycles. The lowest BCUT2D eigenvalue weighted by Gasteiger charge is -2.35. The number of carbonyl (C=O) groups is 1. The van der Waals surface area contributed by atoms with Crippen molar-refractivity contribution in [3.8, 4) is 0 Å². The van der Waals surface area contributed by atoms with Gasteiger partial charge in [-0.3, -0.25) is 4.79 Å². The van der Waals surface area contributed by atoms with E-state index in [4.69, 9.17) is 0 Å². The van der Waals surface area contributed by atoms with Crippen molar-refractivity contribution < 1.29 is 4.79 Å². The summed E-state index contributed by atoms with van der Waals surface area (Å²) in [5.41, 5.74) is 0. The van der Waals surface area contributed by atoms with E-state index in [1.165, 1.54) is 32.4 Å². The van der Waals surface area contributed by atoms with E-state index in [1.807, 2.05) is 0 Å². The van der Waals surface area contributed by atoms with Crippen LogP contribution < -0.4 is 10.6 Å². The van der Waals surface area contributed by atoms with E-state index in [9.17, 15) is 4.79 Å². The molecule has 4 heteroatoms. The lowest BCUT2D eigenvalue weighted by Crippen LogP contribution is -2.47. The van der Waals surface area contributed by atoms with Crippen LogP contribution >= 0.6 is 0 Å². The van der Waals surface area contributed by atoms with Crippen LogP contribution in [0.3, 0.4) is 0 Å². The summed E-state index contributed by atoms with van der Waals surface area (Å²) in [5, 5.41) is 6.59. The van der Waals surface area contributed by atoms with Crippen molar-refractivity contribution in [1.29, 1.82) is 0 Å². The van der Waals surface area contributed by atoms with Crippen molar-refractivity contribution in [2.75, 3.05) is 26.2 Å². The Kier molecular flexibility index (Phi) is 3.85. The Morgan fingerprint density at radius 2 is 2.22 bits per heavy atom. The largest absolute Gasteiger partial charge is 0.353 e. The van der Waals surface area contributed by atoms with Gasteiger partial charge in [-0.15, -0.1) is 0 Å². The monoisotopic (exact) mass is 251 g/mol. The van der Waals surface area contributed by atoms with Gasteiger partial charge in [0.2, 0.25) is 5.91 Å². The van der Waals surface area contributed by atoms with E-state index < -0.39 is 0 Å². The zero-order valence-electron chi connectivity index (χ0n) is 11.2. The quantitative estimate of drug-likeness (QED) is 0.777. The van der Waals surface area contributed by atoms with E-state index >= 15 is 0 Å². The second-order valence-corrected chi connectivity index (χ2v) is 6.18. The molecule has 0 aromatic carbocycles. The van der Waals surface area contributed by atoms with Gasteiger partial charge in [-0.1, -0.05) is 0 Å². The standard InChI is InChI=1S/C14H25N3O/c18-14(8-11-3-5-15-10-11)16-12-4-7-17-6-1-2-13(17)9-12/h11-13,15H,1-10H2,(H,16,18). The molecule has 3 rings (SSSR count). The Bertz CT molecular complexity index is 301. The van der Waals surface area contributed by atoms with E-state index in [0.29, 0.717) is 12.0 Å². The molecule has 18 heavy (non-hydrogen) atoms. The van der Waals surface area contributed by atoms with Gasteiger partial charge in [-0.2, -0.15) is 0 Å². The van der Waals surface area contributed by atoms with Crippen molar-refractivity contribution in [1.82, 2.24) is 15.5 Å². The molecular formula is C14H25N3O. The number of carbonyl (C=O) groups excluding carboxylic acids is 1. The lowest BCUT2D eigenvalue weighted by molar-refractivity contribution is -0.123. The zero-order valence-corrected chi connectivity index (χ0v) is 11.2. The zero-order chi connectivity index (χ0) is 12.4. The third-order valence-electron chi connectivity index (χ3n) is 4.82. The van der Waals surface area contributed by atoms with Crippen molar-refractivity contribution in [2.24, 2.45) is 5.92 Å². The number of fused-ring (bicyclic) bond motifs is 1. The number of amides is 1. The Morgan fingerprint density at radius 3 is 3.06 bits per heavy atom. The number of piperidine rings is 1. The van der Waals surface area contributed by atoms with Gasteiger partial charge in [0.25, 0.3) is 0 Å². The molecule has 3 atom stereocenters. The first kappa shape index (κ1) is 12.4. The third kappa shape index (κ3) is 2.86. The van der Waals surface area contributed by atoms with Crippen LogP contribution in [0.15, 0.2) is 0 Å². The first-order valence-electron chi connectivity index (χ1n) is 7.55. The second kappa shape index (κ2) is 5.57. The molecule has 3 unspecified atom stereocenters. The minimum Gasteiger partial charge on any atom is -0.353 e. The van der Waals surface area contributed by atoms with Crippen LogP contribution in [0, 0.1) is 5.92 Å². The molecule has 3 aliphatic rings. The molecule has 0 radical (unpaired) electrons. The molecule has 2 N–H and O–H groups in total. The summed E-state index contributed by atoms with van der Waals surface area (Å²) in [7, 11) is 0. The maximum atomic E-state index is 12.0. The second-order valence-electron chi connectivity index (χ2n) is 6.18. The predicted octanol–water partition coefficient (Wildman–Crippen LogP) is 0.729. The summed E-state index contributed by atoms with van der Waals surface area (Å²) in [4.78, 5) is 14.6. The van der Waals surface area contributed by atoms with E-state index in [0.717, 1.165) is 38.4 Å². The van der Waals surface area contributed by atoms with Crippen LogP contribution in [0.25, 0.3) is 0 Å². The van der Waals surface area contributed by atoms with Gasteiger partial charge in [0.15, 0.2) is 0 Å². The molecule has 0 bridgehead atoms. The van der Waals surface area contributed by atoms with Gasteiger partial charge >= 0.3 is 0 Å². The molecule has 1 amide bonds. The minimum absolute atomic E-state index is 0.278. The van der Waals surface area contributed by atoms with Gasteiger partial charge in [-0.05, 0) is 57.7 Å². The molecule has 102 valence electrons. The molecule has 0 aromatic rings. The average molecular weight is 251 g/mol. The van der Waals surface area contributed by atoms with Crippen LogP contribution in [0.2, 0.25) is 0 Å². The fourth-order valence-corrected chi connectivity index (χ4v) is 3.79. The van der Waals surface area contributed by atoms with Crippen molar-refractivity contribution in [3.63, 3.8) is 0 Å². The Hall–Kier alpha value is -0.610. The number of nitrogens with zero attached hydrogens (tertiary/aromatic N) is 1. The van der Waals surface area contributed by atoms with Crippen LogP contribution in [0.1, 0.15) is 38.5 Å². The number of hydrogen-bond acceptors (Lipinski definition) is 3. The van der Waals surface area contributed by atoms with E-state index in [1.54, 1.807) is 0 Å². The van der Waals surface area contributed by atoms with Crippen LogP contribution in [0.5, 0.6) is 0 Å². The smallest absolute Gasteiger partial charge is 0.220 e. The molecule has 4 nitrogen and oxygen atoms in total. The van der Waals surface area contributed by atoms with E-state index in [2.05, 4.69) is 15.5 Å². The van der Waals surface area contributed by atoms with Gasteiger partial charge in [-0.25, -0.2) is 0 Å². The van der Waals surface area contributed by atoms with Crippen LogP contribution in [-0.2, 0) is 4.79 Å². The maximum absolute atomic E-state index is 12.0. The first-order chi connectivity index (χ1) is 8.81. The number of rotatable bonds is 3. The topological polar surface area (TPSA) is 44.4 Å². The lowest BCUT2D eigenvalue weighted by atomic mass is 9.97. The fourth-order valence-electron chi connectivity index (χ4n) is 3.79. The highest BCUT2D eigenvalue weighted by molar-refractivity contribution is 5.76. The van der Waals surface area contributed by atoms with Gasteiger partial charge in [0.1, 0.15) is 0 Å². The fraction of sp³-hybridized carbons (Fsp3) is 0.929. The molecule has 0 spiro atoms. The summed E-state index contributed by atoms with van der Waals surface area (Å²) in [6.45, 7) is 4.56. The Labute approximate surface area is 109 Å². The Morgan fingerprint density at radius 1 is 1.28 bits per heavy atom. The summed E-state index contributed by atoms with van der Waals surface area (Å²) in [6, 6.07) is 1.18. The number of nitrogens with one attached hydrogen (secondary N) is 2. The third-order valence-corrected chi connectivity index (χ3v) is 4.82. The molecule has 0 saturated carbocycles. The molecule has 3 saturated heterocycles. The summed E-state index contributed by atoms with van der Waals surface area (Å²) >= 11 is 0. The maximum Gasteiger partial charge on any atom is 0.220 e. The highest BCUT2D eigenvalue weighted by Gasteiger charge is 2.32. The summed E-state index contributed by atoms with van der Waals surface area (Å²) in [5.74, 6) is 0.844. The molecule has 0 aromatic heterocycles. The summed E-state index contributed by atoms with van der Waals surface area (Å²) in [6.07, 6.45) is 6.88. The Balaban J connectivity index is 1.43. The normalized spacial score (nSPS) is 36.6. The van der Waals surface area contributed by atoms with Gasteiger partial charge in [0, 0.05) is 25.0 Å². The van der Waals surface area contributed by atoms with E-state index in [-0.39, 0.29) is 5.91 Å². The summed E-state index contributed by atoms with van der Waals surface area (Å²) < 4.78 is 0. The molecule has 0 aliphatic carbocycles.